The minimum Gasteiger partial charge on any atom is -0.503 e. The number of ether oxygens (including phenoxy) is 1. The van der Waals surface area contributed by atoms with Crippen LogP contribution in [-0.2, 0) is 4.79 Å². The molecule has 0 amide bonds. The van der Waals surface area contributed by atoms with E-state index in [1.807, 2.05) is 0 Å². The summed E-state index contributed by atoms with van der Waals surface area (Å²) in [7, 11) is 1.35. The highest BCUT2D eigenvalue weighted by molar-refractivity contribution is 6.37. The van der Waals surface area contributed by atoms with Crippen LogP contribution in [0.2, 0.25) is 10.0 Å². The molecule has 1 aromatic carbocycles. The van der Waals surface area contributed by atoms with Gasteiger partial charge in [0.1, 0.15) is 0 Å². The third-order valence-corrected chi connectivity index (χ3v) is 2.87. The number of carboxylic acids is 1. The maximum Gasteiger partial charge on any atom is 0.305 e. The van der Waals surface area contributed by atoms with Gasteiger partial charge in [-0.1, -0.05) is 23.2 Å². The second kappa shape index (κ2) is 5.44. The largest absolute Gasteiger partial charge is 0.503 e. The van der Waals surface area contributed by atoms with Crippen molar-refractivity contribution in [1.82, 2.24) is 0 Å². The molecule has 1 atom stereocenters. The van der Waals surface area contributed by atoms with E-state index in [2.05, 4.69) is 0 Å². The number of halogens is 2. The molecule has 0 aliphatic carbocycles. The number of phenolic OH excluding ortho intramolecular Hbond substituents is 1. The van der Waals surface area contributed by atoms with Gasteiger partial charge in [-0.25, -0.2) is 0 Å². The lowest BCUT2D eigenvalue weighted by atomic mass is 10.0. The molecule has 0 fully saturated rings. The SMILES string of the molecule is COc1cc(Cl)c(C(N)CC(=O)O)c(Cl)c1O. The molecule has 0 saturated carbocycles. The second-order valence-electron chi connectivity index (χ2n) is 3.34. The molecule has 0 spiro atoms. The van der Waals surface area contributed by atoms with Gasteiger partial charge in [-0.2, -0.15) is 0 Å². The Bertz CT molecular complexity index is 450. The van der Waals surface area contributed by atoms with Crippen LogP contribution in [0.1, 0.15) is 18.0 Å². The number of nitrogens with two attached hydrogens (primary N) is 1. The number of rotatable bonds is 4. The zero-order chi connectivity index (χ0) is 13.2. The average molecular weight is 280 g/mol. The molecule has 0 aromatic heterocycles. The van der Waals surface area contributed by atoms with Crippen LogP contribution in [0.5, 0.6) is 11.5 Å². The van der Waals surface area contributed by atoms with Gasteiger partial charge < -0.3 is 20.7 Å². The second-order valence-corrected chi connectivity index (χ2v) is 4.13. The third-order valence-electron chi connectivity index (χ3n) is 2.18. The zero-order valence-electron chi connectivity index (χ0n) is 8.91. The van der Waals surface area contributed by atoms with E-state index in [1.165, 1.54) is 13.2 Å². The Kier molecular flexibility index (Phi) is 4.45. The molecular formula is C10H11Cl2NO4. The maximum atomic E-state index is 10.6. The van der Waals surface area contributed by atoms with Crippen LogP contribution in [0.3, 0.4) is 0 Å². The fourth-order valence-corrected chi connectivity index (χ4v) is 2.10. The highest BCUT2D eigenvalue weighted by atomic mass is 35.5. The summed E-state index contributed by atoms with van der Waals surface area (Å²) in [6.07, 6.45) is -0.342. The Hall–Kier alpha value is -1.17. The Labute approximate surface area is 108 Å². The van der Waals surface area contributed by atoms with Crippen LogP contribution in [0.25, 0.3) is 0 Å². The first-order valence-corrected chi connectivity index (χ1v) is 5.36. The van der Waals surface area contributed by atoms with Crippen LogP contribution >= 0.6 is 23.2 Å². The van der Waals surface area contributed by atoms with Crippen LogP contribution < -0.4 is 10.5 Å². The summed E-state index contributed by atoms with van der Waals surface area (Å²) >= 11 is 11.8. The first-order chi connectivity index (χ1) is 7.88. The third kappa shape index (κ3) is 2.94. The van der Waals surface area contributed by atoms with E-state index >= 15 is 0 Å². The quantitative estimate of drug-likeness (QED) is 0.786. The maximum absolute atomic E-state index is 10.6. The van der Waals surface area contributed by atoms with E-state index < -0.39 is 12.0 Å². The first kappa shape index (κ1) is 13.9. The number of benzene rings is 1. The molecule has 0 saturated heterocycles. The molecule has 0 aliphatic rings. The van der Waals surface area contributed by atoms with Crippen LogP contribution in [0, 0.1) is 0 Å². The summed E-state index contributed by atoms with van der Waals surface area (Å²) in [5.41, 5.74) is 5.85. The molecule has 5 nitrogen and oxygen atoms in total. The molecule has 7 heteroatoms. The van der Waals surface area contributed by atoms with Crippen LogP contribution in [0.15, 0.2) is 6.07 Å². The molecule has 1 rings (SSSR count). The van der Waals surface area contributed by atoms with Crippen molar-refractivity contribution < 1.29 is 19.7 Å². The van der Waals surface area contributed by atoms with Crippen LogP contribution in [-0.4, -0.2) is 23.3 Å². The van der Waals surface area contributed by atoms with Gasteiger partial charge in [0.05, 0.1) is 23.6 Å². The van der Waals surface area contributed by atoms with Crippen molar-refractivity contribution in [3.63, 3.8) is 0 Å². The average Bonchev–Trinajstić information content (AvgIpc) is 2.22. The van der Waals surface area contributed by atoms with Gasteiger partial charge in [0.25, 0.3) is 0 Å². The molecule has 17 heavy (non-hydrogen) atoms. The van der Waals surface area contributed by atoms with Gasteiger partial charge in [0.2, 0.25) is 0 Å². The highest BCUT2D eigenvalue weighted by Crippen LogP contribution is 2.43. The van der Waals surface area contributed by atoms with E-state index in [1.54, 1.807) is 0 Å². The Morgan fingerprint density at radius 3 is 2.65 bits per heavy atom. The van der Waals surface area contributed by atoms with E-state index in [-0.39, 0.29) is 33.5 Å². The Morgan fingerprint density at radius 1 is 1.59 bits per heavy atom. The number of hydrogen-bond donors (Lipinski definition) is 3. The van der Waals surface area contributed by atoms with E-state index in [0.29, 0.717) is 0 Å². The van der Waals surface area contributed by atoms with Gasteiger partial charge in [0, 0.05) is 17.7 Å². The van der Waals surface area contributed by atoms with Gasteiger partial charge in [-0.15, -0.1) is 0 Å². The Morgan fingerprint density at radius 2 is 2.18 bits per heavy atom. The molecule has 0 bridgehead atoms. The summed E-state index contributed by atoms with van der Waals surface area (Å²) in [5.74, 6) is -1.29. The molecule has 94 valence electrons. The summed E-state index contributed by atoms with van der Waals surface area (Å²) in [6, 6.07) is 0.434. The van der Waals surface area contributed by atoms with E-state index in [4.69, 9.17) is 38.8 Å². The number of carbonyl (C=O) groups is 1. The van der Waals surface area contributed by atoms with Crippen LogP contribution in [0.4, 0.5) is 0 Å². The molecule has 0 heterocycles. The van der Waals surface area contributed by atoms with Crippen molar-refractivity contribution in [2.45, 2.75) is 12.5 Å². The van der Waals surface area contributed by atoms with E-state index in [9.17, 15) is 9.90 Å². The van der Waals surface area contributed by atoms with Gasteiger partial charge in [-0.3, -0.25) is 4.79 Å². The summed E-state index contributed by atoms with van der Waals surface area (Å²) in [5, 5.41) is 18.4. The number of hydrogen-bond acceptors (Lipinski definition) is 4. The van der Waals surface area contributed by atoms with Crippen molar-refractivity contribution in [1.29, 1.82) is 0 Å². The van der Waals surface area contributed by atoms with Crippen molar-refractivity contribution in [2.75, 3.05) is 7.11 Å². The van der Waals surface area contributed by atoms with Crippen molar-refractivity contribution >= 4 is 29.2 Å². The molecule has 0 aliphatic heterocycles. The zero-order valence-corrected chi connectivity index (χ0v) is 10.4. The molecular weight excluding hydrogens is 269 g/mol. The normalized spacial score (nSPS) is 12.2. The van der Waals surface area contributed by atoms with Crippen molar-refractivity contribution in [3.8, 4) is 11.5 Å². The van der Waals surface area contributed by atoms with Gasteiger partial charge in [-0.05, 0) is 0 Å². The fourth-order valence-electron chi connectivity index (χ4n) is 1.39. The predicted molar refractivity (Wildman–Crippen MR) is 63.9 cm³/mol. The lowest BCUT2D eigenvalue weighted by Gasteiger charge is -2.16. The summed E-state index contributed by atoms with van der Waals surface area (Å²) in [6.45, 7) is 0. The lowest BCUT2D eigenvalue weighted by molar-refractivity contribution is -0.137. The lowest BCUT2D eigenvalue weighted by Crippen LogP contribution is -2.16. The first-order valence-electron chi connectivity index (χ1n) is 4.60. The summed E-state index contributed by atoms with van der Waals surface area (Å²) in [4.78, 5) is 10.6. The minimum atomic E-state index is -1.08. The van der Waals surface area contributed by atoms with Crippen molar-refractivity contribution in [3.05, 3.63) is 21.7 Å². The van der Waals surface area contributed by atoms with Crippen molar-refractivity contribution in [2.24, 2.45) is 5.73 Å². The Balaban J connectivity index is 3.25. The molecule has 0 radical (unpaired) electrons. The van der Waals surface area contributed by atoms with Gasteiger partial charge >= 0.3 is 5.97 Å². The topological polar surface area (TPSA) is 92.8 Å². The number of carboxylic acid groups (broad SMARTS) is 1. The molecule has 1 aromatic rings. The fraction of sp³-hybridized carbons (Fsp3) is 0.300. The highest BCUT2D eigenvalue weighted by Gasteiger charge is 2.22. The summed E-state index contributed by atoms with van der Waals surface area (Å²) < 4.78 is 4.85. The molecule has 4 N–H and O–H groups in total. The number of methoxy groups -OCH3 is 1. The number of phenols is 1. The van der Waals surface area contributed by atoms with Gasteiger partial charge in [0.15, 0.2) is 11.5 Å². The number of aliphatic carboxylic acids is 1. The minimum absolute atomic E-state index is 0.0944. The standard InChI is InChI=1S/C10H11Cl2NO4/c1-17-6-2-4(11)8(9(12)10(6)16)5(13)3-7(14)15/h2,5,16H,3,13H2,1H3,(H,14,15). The number of aromatic hydroxyl groups is 1. The molecule has 1 unspecified atom stereocenters. The smallest absolute Gasteiger partial charge is 0.305 e. The van der Waals surface area contributed by atoms with E-state index in [0.717, 1.165) is 0 Å². The monoisotopic (exact) mass is 279 g/mol. The predicted octanol–water partition coefficient (Wildman–Crippen LogP) is 2.18.